The lowest BCUT2D eigenvalue weighted by Gasteiger charge is -2.18. The van der Waals surface area contributed by atoms with Crippen LogP contribution in [0, 0.1) is 11.6 Å². The number of hydrogen-bond donors (Lipinski definition) is 0. The van der Waals surface area contributed by atoms with Crippen molar-refractivity contribution >= 4 is 6.03 Å². The normalized spacial score (nSPS) is 20.2. The summed E-state index contributed by atoms with van der Waals surface area (Å²) in [5.74, 6) is -0.966. The highest BCUT2D eigenvalue weighted by Gasteiger charge is 2.35. The second kappa shape index (κ2) is 4.31. The fourth-order valence-corrected chi connectivity index (χ4v) is 2.11. The predicted molar refractivity (Wildman–Crippen MR) is 59.5 cm³/mol. The summed E-state index contributed by atoms with van der Waals surface area (Å²) in [5, 5.41) is 0. The number of amides is 2. The van der Waals surface area contributed by atoms with Crippen LogP contribution in [0.15, 0.2) is 18.2 Å². The summed E-state index contributed by atoms with van der Waals surface area (Å²) in [6.07, 6.45) is 0. The molecule has 1 heterocycles. The van der Waals surface area contributed by atoms with Crippen molar-refractivity contribution < 1.29 is 13.6 Å². The highest BCUT2D eigenvalue weighted by Crippen LogP contribution is 2.29. The van der Waals surface area contributed by atoms with Gasteiger partial charge in [-0.15, -0.1) is 0 Å². The van der Waals surface area contributed by atoms with Gasteiger partial charge in [-0.3, -0.25) is 0 Å². The van der Waals surface area contributed by atoms with E-state index in [4.69, 9.17) is 0 Å². The Morgan fingerprint density at radius 3 is 2.71 bits per heavy atom. The Hall–Kier alpha value is -1.65. The largest absolute Gasteiger partial charge is 0.323 e. The monoisotopic (exact) mass is 240 g/mol. The summed E-state index contributed by atoms with van der Waals surface area (Å²) < 4.78 is 26.7. The smallest absolute Gasteiger partial charge is 0.320 e. The van der Waals surface area contributed by atoms with Gasteiger partial charge in [0.15, 0.2) is 0 Å². The van der Waals surface area contributed by atoms with Crippen molar-refractivity contribution in [2.75, 3.05) is 20.1 Å². The maximum atomic E-state index is 13.6. The van der Waals surface area contributed by atoms with Gasteiger partial charge in [0, 0.05) is 25.7 Å². The zero-order valence-electron chi connectivity index (χ0n) is 9.78. The van der Waals surface area contributed by atoms with E-state index in [1.165, 1.54) is 4.90 Å². The molecule has 1 aromatic rings. The van der Waals surface area contributed by atoms with E-state index < -0.39 is 17.7 Å². The van der Waals surface area contributed by atoms with Crippen LogP contribution in [0.25, 0.3) is 0 Å². The molecule has 0 radical (unpaired) electrons. The molecule has 17 heavy (non-hydrogen) atoms. The lowest BCUT2D eigenvalue weighted by molar-refractivity contribution is 0.197. The van der Waals surface area contributed by atoms with Gasteiger partial charge < -0.3 is 9.80 Å². The topological polar surface area (TPSA) is 23.6 Å². The molecule has 2 rings (SSSR count). The molecule has 1 saturated heterocycles. The van der Waals surface area contributed by atoms with Crippen LogP contribution >= 0.6 is 0 Å². The van der Waals surface area contributed by atoms with Gasteiger partial charge in [-0.25, -0.2) is 13.6 Å². The number of nitrogens with zero attached hydrogens (tertiary/aromatic N) is 2. The summed E-state index contributed by atoms with van der Waals surface area (Å²) in [6, 6.07) is 2.76. The minimum Gasteiger partial charge on any atom is -0.323 e. The number of hydrogen-bond acceptors (Lipinski definition) is 1. The van der Waals surface area contributed by atoms with Crippen LogP contribution in [0.1, 0.15) is 18.5 Å². The summed E-state index contributed by atoms with van der Waals surface area (Å²) in [6.45, 7) is 2.82. The van der Waals surface area contributed by atoms with Gasteiger partial charge in [0.2, 0.25) is 0 Å². The fraction of sp³-hybridized carbons (Fsp3) is 0.417. The number of urea groups is 1. The molecule has 0 bridgehead atoms. The first-order valence-electron chi connectivity index (χ1n) is 5.51. The Labute approximate surface area is 98.6 Å². The SMILES string of the molecule is CCN1CC(c2cc(F)ccc2F)N(C)C1=O. The Balaban J connectivity index is 2.35. The van der Waals surface area contributed by atoms with Gasteiger partial charge in [0.25, 0.3) is 0 Å². The second-order valence-electron chi connectivity index (χ2n) is 4.11. The van der Waals surface area contributed by atoms with Crippen molar-refractivity contribution in [3.8, 4) is 0 Å². The summed E-state index contributed by atoms with van der Waals surface area (Å²) >= 11 is 0. The van der Waals surface area contributed by atoms with Crippen LogP contribution in [0.4, 0.5) is 13.6 Å². The van der Waals surface area contributed by atoms with Gasteiger partial charge in [0.05, 0.1) is 6.04 Å². The van der Waals surface area contributed by atoms with E-state index in [0.29, 0.717) is 13.1 Å². The summed E-state index contributed by atoms with van der Waals surface area (Å²) in [5.41, 5.74) is 0.233. The van der Waals surface area contributed by atoms with E-state index in [1.54, 1.807) is 11.9 Å². The Morgan fingerprint density at radius 1 is 1.41 bits per heavy atom. The summed E-state index contributed by atoms with van der Waals surface area (Å²) in [4.78, 5) is 14.8. The molecule has 0 spiro atoms. The standard InChI is InChI=1S/C12H14F2N2O/c1-3-16-7-11(15(2)12(16)17)9-6-8(13)4-5-10(9)14/h4-6,11H,3,7H2,1-2H3. The minimum atomic E-state index is -0.489. The van der Waals surface area contributed by atoms with E-state index in [0.717, 1.165) is 18.2 Å². The Morgan fingerprint density at radius 2 is 2.12 bits per heavy atom. The molecular formula is C12H14F2N2O. The van der Waals surface area contributed by atoms with E-state index in [-0.39, 0.29) is 11.6 Å². The number of carbonyl (C=O) groups excluding carboxylic acids is 1. The number of carbonyl (C=O) groups is 1. The number of benzene rings is 1. The molecule has 5 heteroatoms. The van der Waals surface area contributed by atoms with E-state index in [2.05, 4.69) is 0 Å². The van der Waals surface area contributed by atoms with Crippen LogP contribution < -0.4 is 0 Å². The van der Waals surface area contributed by atoms with E-state index >= 15 is 0 Å². The third-order valence-electron chi connectivity index (χ3n) is 3.13. The van der Waals surface area contributed by atoms with Gasteiger partial charge in [-0.05, 0) is 25.1 Å². The average Bonchev–Trinajstić information content (AvgIpc) is 2.59. The van der Waals surface area contributed by atoms with Gasteiger partial charge in [-0.1, -0.05) is 0 Å². The first kappa shape index (κ1) is 11.8. The predicted octanol–water partition coefficient (Wildman–Crippen LogP) is 2.39. The molecule has 3 nitrogen and oxygen atoms in total. The van der Waals surface area contributed by atoms with E-state index in [9.17, 15) is 13.6 Å². The van der Waals surface area contributed by atoms with E-state index in [1.807, 2.05) is 6.92 Å². The molecule has 1 aromatic carbocycles. The second-order valence-corrected chi connectivity index (χ2v) is 4.11. The first-order chi connectivity index (χ1) is 8.04. The molecule has 1 aliphatic rings. The van der Waals surface area contributed by atoms with Gasteiger partial charge in [0.1, 0.15) is 11.6 Å². The van der Waals surface area contributed by atoms with Crippen molar-refractivity contribution in [1.29, 1.82) is 0 Å². The molecule has 2 amide bonds. The molecule has 1 aliphatic heterocycles. The molecule has 1 unspecified atom stereocenters. The number of halogens is 2. The number of likely N-dealkylation sites (N-methyl/N-ethyl adjacent to an activating group) is 2. The third-order valence-corrected chi connectivity index (χ3v) is 3.13. The zero-order chi connectivity index (χ0) is 12.6. The lowest BCUT2D eigenvalue weighted by Crippen LogP contribution is -2.29. The quantitative estimate of drug-likeness (QED) is 0.778. The molecule has 1 fully saturated rings. The first-order valence-corrected chi connectivity index (χ1v) is 5.51. The number of rotatable bonds is 2. The van der Waals surface area contributed by atoms with Crippen molar-refractivity contribution in [2.24, 2.45) is 0 Å². The molecule has 0 saturated carbocycles. The Bertz CT molecular complexity index is 450. The van der Waals surface area contributed by atoms with Crippen molar-refractivity contribution in [3.05, 3.63) is 35.4 Å². The average molecular weight is 240 g/mol. The lowest BCUT2D eigenvalue weighted by atomic mass is 10.1. The molecular weight excluding hydrogens is 226 g/mol. The molecule has 1 atom stereocenters. The van der Waals surface area contributed by atoms with Crippen LogP contribution in [0.3, 0.4) is 0 Å². The maximum absolute atomic E-state index is 13.6. The van der Waals surface area contributed by atoms with Crippen LogP contribution in [-0.4, -0.2) is 36.0 Å². The highest BCUT2D eigenvalue weighted by atomic mass is 19.1. The zero-order valence-corrected chi connectivity index (χ0v) is 9.78. The molecule has 92 valence electrons. The van der Waals surface area contributed by atoms with Gasteiger partial charge in [-0.2, -0.15) is 0 Å². The third kappa shape index (κ3) is 1.97. The summed E-state index contributed by atoms with van der Waals surface area (Å²) in [7, 11) is 1.60. The van der Waals surface area contributed by atoms with Crippen LogP contribution in [0.2, 0.25) is 0 Å². The van der Waals surface area contributed by atoms with Crippen molar-refractivity contribution in [3.63, 3.8) is 0 Å². The molecule has 0 aromatic heterocycles. The highest BCUT2D eigenvalue weighted by molar-refractivity contribution is 5.77. The molecule has 0 N–H and O–H groups in total. The van der Waals surface area contributed by atoms with Crippen LogP contribution in [0.5, 0.6) is 0 Å². The Kier molecular flexibility index (Phi) is 3.00. The maximum Gasteiger partial charge on any atom is 0.320 e. The fourth-order valence-electron chi connectivity index (χ4n) is 2.11. The van der Waals surface area contributed by atoms with Crippen molar-refractivity contribution in [1.82, 2.24) is 9.80 Å². The molecule has 0 aliphatic carbocycles. The minimum absolute atomic E-state index is 0.152. The van der Waals surface area contributed by atoms with Crippen LogP contribution in [-0.2, 0) is 0 Å². The van der Waals surface area contributed by atoms with Crippen molar-refractivity contribution in [2.45, 2.75) is 13.0 Å². The van der Waals surface area contributed by atoms with Gasteiger partial charge >= 0.3 is 6.03 Å².